The number of carbonyl (C=O) groups excluding carboxylic acids is 1. The molecule has 0 spiro atoms. The monoisotopic (exact) mass is 379 g/mol. The van der Waals surface area contributed by atoms with E-state index in [1.165, 1.54) is 0 Å². The molecule has 2 aromatic carbocycles. The average molecular weight is 380 g/mol. The molecule has 0 aliphatic carbocycles. The minimum absolute atomic E-state index is 0.0153. The number of benzene rings is 2. The van der Waals surface area contributed by atoms with E-state index in [4.69, 9.17) is 0 Å². The third kappa shape index (κ3) is 2.10. The molecule has 4 aromatic rings. The third-order valence-electron chi connectivity index (χ3n) is 4.52. The zero-order chi connectivity index (χ0) is 16.8. The Hall–Kier alpha value is -2.46. The van der Waals surface area contributed by atoms with Gasteiger partial charge in [-0.1, -0.05) is 46.3 Å². The van der Waals surface area contributed by atoms with Crippen LogP contribution in [0.15, 0.2) is 65.3 Å². The lowest BCUT2D eigenvalue weighted by atomic mass is 10.0. The number of hydrogen-bond acceptors (Lipinski definition) is 1. The highest BCUT2D eigenvalue weighted by atomic mass is 79.9. The predicted molar refractivity (Wildman–Crippen MR) is 99.2 cm³/mol. The summed E-state index contributed by atoms with van der Waals surface area (Å²) in [7, 11) is 3.93. The van der Waals surface area contributed by atoms with E-state index in [-0.39, 0.29) is 5.78 Å². The molecule has 0 N–H and O–H groups in total. The zero-order valence-electron chi connectivity index (χ0n) is 13.5. The number of halogens is 1. The van der Waals surface area contributed by atoms with Crippen LogP contribution in [0, 0.1) is 0 Å². The fraction of sp³-hybridized carbons (Fsp3) is 0.100. The number of para-hydroxylation sites is 1. The minimum atomic E-state index is 0.0153. The van der Waals surface area contributed by atoms with Crippen molar-refractivity contribution < 1.29 is 9.36 Å². The molecule has 0 radical (unpaired) electrons. The number of nitrogens with zero attached hydrogens (tertiary/aromatic N) is 2. The van der Waals surface area contributed by atoms with Gasteiger partial charge in [0.25, 0.3) is 11.5 Å². The minimum Gasteiger partial charge on any atom is -0.338 e. The van der Waals surface area contributed by atoms with Gasteiger partial charge in [0.15, 0.2) is 6.20 Å². The SMILES string of the molecule is Cn1c2ccccc2c2cc[n+](C)c(C(=O)c3ccccc3Br)c21. The number of hydrogen-bond donors (Lipinski definition) is 0. The maximum Gasteiger partial charge on any atom is 0.278 e. The summed E-state index contributed by atoms with van der Waals surface area (Å²) in [5.74, 6) is 0.0153. The van der Waals surface area contributed by atoms with Gasteiger partial charge in [0.1, 0.15) is 12.6 Å². The van der Waals surface area contributed by atoms with Crippen LogP contribution in [0.4, 0.5) is 0 Å². The Morgan fingerprint density at radius 1 is 1.00 bits per heavy atom. The summed E-state index contributed by atoms with van der Waals surface area (Å²) in [5.41, 5.74) is 3.45. The van der Waals surface area contributed by atoms with Crippen LogP contribution in [0.3, 0.4) is 0 Å². The number of rotatable bonds is 2. The van der Waals surface area contributed by atoms with Crippen LogP contribution < -0.4 is 4.57 Å². The Morgan fingerprint density at radius 2 is 1.71 bits per heavy atom. The number of ketones is 1. The summed E-state index contributed by atoms with van der Waals surface area (Å²) in [4.78, 5) is 13.3. The lowest BCUT2D eigenvalue weighted by molar-refractivity contribution is -0.672. The molecule has 4 rings (SSSR count). The molecule has 0 fully saturated rings. The van der Waals surface area contributed by atoms with Gasteiger partial charge in [-0.3, -0.25) is 4.79 Å². The molecule has 118 valence electrons. The van der Waals surface area contributed by atoms with Crippen LogP contribution in [0.5, 0.6) is 0 Å². The predicted octanol–water partition coefficient (Wildman–Crippen LogP) is 4.15. The first-order chi connectivity index (χ1) is 11.6. The van der Waals surface area contributed by atoms with Crippen molar-refractivity contribution in [2.45, 2.75) is 0 Å². The molecule has 0 saturated carbocycles. The van der Waals surface area contributed by atoms with Crippen molar-refractivity contribution in [1.82, 2.24) is 4.57 Å². The maximum absolute atomic E-state index is 13.3. The fourth-order valence-electron chi connectivity index (χ4n) is 3.35. The number of aryl methyl sites for hydroxylation is 2. The Balaban J connectivity index is 2.10. The van der Waals surface area contributed by atoms with Gasteiger partial charge in [-0.05, 0) is 18.2 Å². The van der Waals surface area contributed by atoms with Crippen LogP contribution in [-0.4, -0.2) is 10.4 Å². The molecule has 24 heavy (non-hydrogen) atoms. The fourth-order valence-corrected chi connectivity index (χ4v) is 3.81. The normalized spacial score (nSPS) is 11.3. The highest BCUT2D eigenvalue weighted by Crippen LogP contribution is 2.30. The average Bonchev–Trinajstić information content (AvgIpc) is 2.88. The van der Waals surface area contributed by atoms with Gasteiger partial charge in [-0.2, -0.15) is 4.57 Å². The molecule has 0 unspecified atom stereocenters. The molecule has 0 atom stereocenters. The van der Waals surface area contributed by atoms with Crippen molar-refractivity contribution >= 4 is 43.5 Å². The van der Waals surface area contributed by atoms with E-state index in [1.807, 2.05) is 61.3 Å². The quantitative estimate of drug-likeness (QED) is 0.379. The van der Waals surface area contributed by atoms with Crippen LogP contribution in [0.25, 0.3) is 21.8 Å². The lowest BCUT2D eigenvalue weighted by Gasteiger charge is -2.05. The van der Waals surface area contributed by atoms with E-state index in [0.717, 1.165) is 26.3 Å². The van der Waals surface area contributed by atoms with E-state index in [0.29, 0.717) is 11.3 Å². The van der Waals surface area contributed by atoms with Gasteiger partial charge in [-0.15, -0.1) is 0 Å². The van der Waals surface area contributed by atoms with Crippen molar-refractivity contribution in [3.63, 3.8) is 0 Å². The summed E-state index contributed by atoms with van der Waals surface area (Å²) in [6.45, 7) is 0. The second-order valence-corrected chi connectivity index (χ2v) is 6.78. The van der Waals surface area contributed by atoms with Crippen molar-refractivity contribution in [2.75, 3.05) is 0 Å². The van der Waals surface area contributed by atoms with E-state index in [1.54, 1.807) is 0 Å². The number of aromatic nitrogens is 2. The highest BCUT2D eigenvalue weighted by Gasteiger charge is 2.27. The highest BCUT2D eigenvalue weighted by molar-refractivity contribution is 9.10. The summed E-state index contributed by atoms with van der Waals surface area (Å²) in [6, 6.07) is 17.9. The van der Waals surface area contributed by atoms with E-state index in [9.17, 15) is 4.79 Å². The Bertz CT molecular complexity index is 1110. The van der Waals surface area contributed by atoms with Gasteiger partial charge < -0.3 is 4.57 Å². The van der Waals surface area contributed by atoms with Crippen LogP contribution in [-0.2, 0) is 14.1 Å². The summed E-state index contributed by atoms with van der Waals surface area (Å²) in [6.07, 6.45) is 1.96. The Kier molecular flexibility index (Phi) is 3.50. The van der Waals surface area contributed by atoms with E-state index in [2.05, 4.69) is 38.7 Å². The van der Waals surface area contributed by atoms with Crippen molar-refractivity contribution in [1.29, 1.82) is 0 Å². The molecule has 3 nitrogen and oxygen atoms in total. The second kappa shape index (κ2) is 5.56. The Morgan fingerprint density at radius 3 is 2.50 bits per heavy atom. The molecular weight excluding hydrogens is 364 g/mol. The van der Waals surface area contributed by atoms with Crippen LogP contribution >= 0.6 is 15.9 Å². The molecular formula is C20H16BrN2O+. The Labute approximate surface area is 148 Å². The molecule has 0 saturated heterocycles. The van der Waals surface area contributed by atoms with Gasteiger partial charge >= 0.3 is 0 Å². The molecule has 4 heteroatoms. The number of fused-ring (bicyclic) bond motifs is 3. The molecule has 0 aliphatic rings. The molecule has 2 aromatic heterocycles. The largest absolute Gasteiger partial charge is 0.338 e. The number of pyridine rings is 1. The van der Waals surface area contributed by atoms with Crippen LogP contribution in [0.1, 0.15) is 16.1 Å². The number of carbonyl (C=O) groups is 1. The molecule has 0 bridgehead atoms. The molecule has 0 amide bonds. The first kappa shape index (κ1) is 15.1. The maximum atomic E-state index is 13.3. The van der Waals surface area contributed by atoms with Crippen molar-refractivity contribution in [2.24, 2.45) is 14.1 Å². The topological polar surface area (TPSA) is 25.9 Å². The van der Waals surface area contributed by atoms with Gasteiger partial charge in [0, 0.05) is 39.4 Å². The first-order valence-electron chi connectivity index (χ1n) is 7.74. The molecule has 0 aliphatic heterocycles. The van der Waals surface area contributed by atoms with Crippen LogP contribution in [0.2, 0.25) is 0 Å². The summed E-state index contributed by atoms with van der Waals surface area (Å²) >= 11 is 3.50. The van der Waals surface area contributed by atoms with Crippen molar-refractivity contribution in [3.05, 3.63) is 76.5 Å². The van der Waals surface area contributed by atoms with Gasteiger partial charge in [0.2, 0.25) is 0 Å². The lowest BCUT2D eigenvalue weighted by Crippen LogP contribution is -2.36. The molecule has 2 heterocycles. The zero-order valence-corrected chi connectivity index (χ0v) is 15.0. The van der Waals surface area contributed by atoms with E-state index >= 15 is 0 Å². The van der Waals surface area contributed by atoms with E-state index < -0.39 is 0 Å². The second-order valence-electron chi connectivity index (χ2n) is 5.92. The standard InChI is InChI=1S/C20H16BrN2O/c1-22-12-11-14-13-7-4-6-10-17(13)23(2)18(14)19(22)20(24)15-8-3-5-9-16(15)21/h3-12H,1-2H3/q+1. The van der Waals surface area contributed by atoms with Crippen molar-refractivity contribution in [3.8, 4) is 0 Å². The van der Waals surface area contributed by atoms with Gasteiger partial charge in [-0.25, -0.2) is 0 Å². The third-order valence-corrected chi connectivity index (χ3v) is 5.21. The summed E-state index contributed by atoms with van der Waals surface area (Å²) < 4.78 is 4.82. The smallest absolute Gasteiger partial charge is 0.278 e. The summed E-state index contributed by atoms with van der Waals surface area (Å²) in [5, 5.41) is 2.26. The first-order valence-corrected chi connectivity index (χ1v) is 8.54. The van der Waals surface area contributed by atoms with Gasteiger partial charge in [0.05, 0.1) is 0 Å².